The van der Waals surface area contributed by atoms with E-state index in [0.717, 1.165) is 5.69 Å². The van der Waals surface area contributed by atoms with Gasteiger partial charge in [0.2, 0.25) is 0 Å². The fourth-order valence-corrected chi connectivity index (χ4v) is 2.21. The van der Waals surface area contributed by atoms with Gasteiger partial charge >= 0.3 is 0 Å². The first-order chi connectivity index (χ1) is 11.0. The molecule has 0 aliphatic heterocycles. The van der Waals surface area contributed by atoms with Crippen molar-refractivity contribution in [2.45, 2.75) is 19.5 Å². The summed E-state index contributed by atoms with van der Waals surface area (Å²) in [6.45, 7) is 1.85. The zero-order valence-electron chi connectivity index (χ0n) is 12.6. The van der Waals surface area contributed by atoms with Gasteiger partial charge in [-0.3, -0.25) is 4.79 Å². The highest BCUT2D eigenvalue weighted by atomic mass is 35.5. The molecule has 1 atom stereocenters. The monoisotopic (exact) mass is 336 g/mol. The van der Waals surface area contributed by atoms with Gasteiger partial charge in [0.1, 0.15) is 5.82 Å². The summed E-state index contributed by atoms with van der Waals surface area (Å²) < 4.78 is 13.7. The SMILES string of the molecule is CC(CO)NC(=O)c1ccc(NCc2c(F)cccc2Cl)cc1. The molecule has 0 saturated heterocycles. The first-order valence-electron chi connectivity index (χ1n) is 7.20. The zero-order chi connectivity index (χ0) is 16.8. The van der Waals surface area contributed by atoms with Gasteiger partial charge in [-0.2, -0.15) is 0 Å². The lowest BCUT2D eigenvalue weighted by Gasteiger charge is -2.12. The largest absolute Gasteiger partial charge is 0.394 e. The van der Waals surface area contributed by atoms with Crippen LogP contribution in [0.25, 0.3) is 0 Å². The van der Waals surface area contributed by atoms with E-state index >= 15 is 0 Å². The Balaban J connectivity index is 1.99. The van der Waals surface area contributed by atoms with Crippen molar-refractivity contribution in [2.75, 3.05) is 11.9 Å². The highest BCUT2D eigenvalue weighted by molar-refractivity contribution is 6.31. The Hall–Kier alpha value is -2.11. The summed E-state index contributed by atoms with van der Waals surface area (Å²) in [6.07, 6.45) is 0. The molecule has 0 bridgehead atoms. The second kappa shape index (κ2) is 7.94. The van der Waals surface area contributed by atoms with Crippen LogP contribution in [0.4, 0.5) is 10.1 Å². The van der Waals surface area contributed by atoms with Gasteiger partial charge in [-0.25, -0.2) is 4.39 Å². The molecule has 4 nitrogen and oxygen atoms in total. The summed E-state index contributed by atoms with van der Waals surface area (Å²) in [5.74, 6) is -0.616. The van der Waals surface area contributed by atoms with Crippen LogP contribution in [0.3, 0.4) is 0 Å². The third-order valence-electron chi connectivity index (χ3n) is 3.33. The number of nitrogens with one attached hydrogen (secondary N) is 2. The molecule has 0 heterocycles. The van der Waals surface area contributed by atoms with E-state index in [0.29, 0.717) is 16.1 Å². The minimum atomic E-state index is -0.362. The van der Waals surface area contributed by atoms with Crippen LogP contribution in [0, 0.1) is 5.82 Å². The van der Waals surface area contributed by atoms with Gasteiger partial charge < -0.3 is 15.7 Å². The molecule has 1 unspecified atom stereocenters. The molecule has 23 heavy (non-hydrogen) atoms. The second-order valence-corrected chi connectivity index (χ2v) is 5.60. The Kier molecular flexibility index (Phi) is 5.96. The summed E-state index contributed by atoms with van der Waals surface area (Å²) in [6, 6.07) is 11.0. The number of aliphatic hydroxyl groups excluding tert-OH is 1. The van der Waals surface area contributed by atoms with E-state index in [1.807, 2.05) is 0 Å². The zero-order valence-corrected chi connectivity index (χ0v) is 13.4. The normalized spacial score (nSPS) is 11.8. The summed E-state index contributed by atoms with van der Waals surface area (Å²) in [7, 11) is 0. The van der Waals surface area contributed by atoms with E-state index in [1.54, 1.807) is 43.3 Å². The smallest absolute Gasteiger partial charge is 0.251 e. The van der Waals surface area contributed by atoms with Crippen molar-refractivity contribution >= 4 is 23.2 Å². The van der Waals surface area contributed by atoms with E-state index < -0.39 is 0 Å². The molecule has 0 saturated carbocycles. The number of benzene rings is 2. The number of carbonyl (C=O) groups excluding carboxylic acids is 1. The molecule has 2 rings (SSSR count). The average molecular weight is 337 g/mol. The van der Waals surface area contributed by atoms with Crippen molar-refractivity contribution in [1.82, 2.24) is 5.32 Å². The Labute approximate surface area is 139 Å². The highest BCUT2D eigenvalue weighted by Crippen LogP contribution is 2.20. The van der Waals surface area contributed by atoms with Crippen LogP contribution in [-0.4, -0.2) is 23.7 Å². The number of aliphatic hydroxyl groups is 1. The van der Waals surface area contributed by atoms with Crippen LogP contribution < -0.4 is 10.6 Å². The maximum absolute atomic E-state index is 13.7. The minimum absolute atomic E-state index is 0.116. The lowest BCUT2D eigenvalue weighted by molar-refractivity contribution is 0.0922. The number of hydrogen-bond donors (Lipinski definition) is 3. The predicted octanol–water partition coefficient (Wildman–Crippen LogP) is 3.20. The number of rotatable bonds is 6. The Morgan fingerprint density at radius 3 is 2.57 bits per heavy atom. The van der Waals surface area contributed by atoms with Crippen LogP contribution in [-0.2, 0) is 6.54 Å². The molecule has 0 radical (unpaired) electrons. The fraction of sp³-hybridized carbons (Fsp3) is 0.235. The Bertz CT molecular complexity index is 657. The van der Waals surface area contributed by atoms with E-state index in [-0.39, 0.29) is 30.9 Å². The van der Waals surface area contributed by atoms with Crippen molar-refractivity contribution < 1.29 is 14.3 Å². The molecular formula is C17H18ClFN2O2. The minimum Gasteiger partial charge on any atom is -0.394 e. The van der Waals surface area contributed by atoms with Crippen molar-refractivity contribution in [3.05, 3.63) is 64.4 Å². The van der Waals surface area contributed by atoms with Gasteiger partial charge in [-0.15, -0.1) is 0 Å². The number of carbonyl (C=O) groups is 1. The predicted molar refractivity (Wildman–Crippen MR) is 89.2 cm³/mol. The standard InChI is InChI=1S/C17H18ClFN2O2/c1-11(10-22)21-17(23)12-5-7-13(8-6-12)20-9-14-15(18)3-2-4-16(14)19/h2-8,11,20,22H,9-10H2,1H3,(H,21,23). The van der Waals surface area contributed by atoms with Crippen molar-refractivity contribution in [1.29, 1.82) is 0 Å². The highest BCUT2D eigenvalue weighted by Gasteiger charge is 2.09. The van der Waals surface area contributed by atoms with Crippen LogP contribution in [0.1, 0.15) is 22.8 Å². The molecule has 1 amide bonds. The summed E-state index contributed by atoms with van der Waals surface area (Å²) in [5.41, 5.74) is 1.63. The summed E-state index contributed by atoms with van der Waals surface area (Å²) >= 11 is 5.97. The third-order valence-corrected chi connectivity index (χ3v) is 3.68. The van der Waals surface area contributed by atoms with Crippen molar-refractivity contribution in [2.24, 2.45) is 0 Å². The quantitative estimate of drug-likeness (QED) is 0.759. The Morgan fingerprint density at radius 2 is 1.96 bits per heavy atom. The molecular weight excluding hydrogens is 319 g/mol. The summed E-state index contributed by atoms with van der Waals surface area (Å²) in [4.78, 5) is 11.9. The van der Waals surface area contributed by atoms with Gasteiger partial charge in [0.25, 0.3) is 5.91 Å². The van der Waals surface area contributed by atoms with Crippen LogP contribution in [0.15, 0.2) is 42.5 Å². The molecule has 3 N–H and O–H groups in total. The number of amides is 1. The van der Waals surface area contributed by atoms with E-state index in [4.69, 9.17) is 16.7 Å². The van der Waals surface area contributed by atoms with Crippen LogP contribution in [0.5, 0.6) is 0 Å². The lowest BCUT2D eigenvalue weighted by Crippen LogP contribution is -2.34. The van der Waals surface area contributed by atoms with E-state index in [9.17, 15) is 9.18 Å². The number of halogens is 2. The Morgan fingerprint density at radius 1 is 1.26 bits per heavy atom. The molecule has 6 heteroatoms. The summed E-state index contributed by atoms with van der Waals surface area (Å²) in [5, 5.41) is 15.0. The molecule has 0 aliphatic rings. The maximum atomic E-state index is 13.7. The van der Waals surface area contributed by atoms with E-state index in [2.05, 4.69) is 10.6 Å². The molecule has 2 aromatic rings. The number of anilines is 1. The number of hydrogen-bond acceptors (Lipinski definition) is 3. The van der Waals surface area contributed by atoms with Gasteiger partial charge in [0, 0.05) is 34.4 Å². The van der Waals surface area contributed by atoms with Gasteiger partial charge in [-0.1, -0.05) is 17.7 Å². The molecule has 122 valence electrons. The van der Waals surface area contributed by atoms with Crippen molar-refractivity contribution in [3.8, 4) is 0 Å². The van der Waals surface area contributed by atoms with Crippen molar-refractivity contribution in [3.63, 3.8) is 0 Å². The molecule has 0 fully saturated rings. The first kappa shape index (κ1) is 17.2. The van der Waals surface area contributed by atoms with E-state index in [1.165, 1.54) is 6.07 Å². The van der Waals surface area contributed by atoms with Gasteiger partial charge in [0.05, 0.1) is 6.61 Å². The van der Waals surface area contributed by atoms with Crippen LogP contribution >= 0.6 is 11.6 Å². The first-order valence-corrected chi connectivity index (χ1v) is 7.57. The third kappa shape index (κ3) is 4.68. The maximum Gasteiger partial charge on any atom is 0.251 e. The lowest BCUT2D eigenvalue weighted by atomic mass is 10.1. The van der Waals surface area contributed by atoms with Gasteiger partial charge in [-0.05, 0) is 43.3 Å². The van der Waals surface area contributed by atoms with Gasteiger partial charge in [0.15, 0.2) is 0 Å². The molecule has 0 aromatic heterocycles. The van der Waals surface area contributed by atoms with Crippen LogP contribution in [0.2, 0.25) is 5.02 Å². The molecule has 2 aromatic carbocycles. The molecule has 0 aliphatic carbocycles. The fourth-order valence-electron chi connectivity index (χ4n) is 1.98. The topological polar surface area (TPSA) is 61.4 Å². The second-order valence-electron chi connectivity index (χ2n) is 5.19. The average Bonchev–Trinajstić information content (AvgIpc) is 2.54. The molecule has 0 spiro atoms.